The molecule has 3 atom stereocenters. The van der Waals surface area contributed by atoms with E-state index >= 15 is 0 Å². The molecule has 0 saturated carbocycles. The first kappa shape index (κ1) is 21.2. The van der Waals surface area contributed by atoms with E-state index in [1.165, 1.54) is 0 Å². The van der Waals surface area contributed by atoms with Gasteiger partial charge in [-0.2, -0.15) is 0 Å². The minimum Gasteiger partial charge on any atom is -0.465 e. The Labute approximate surface area is 174 Å². The molecule has 0 N–H and O–H groups in total. The van der Waals surface area contributed by atoms with Gasteiger partial charge in [-0.15, -0.1) is 0 Å². The summed E-state index contributed by atoms with van der Waals surface area (Å²) in [6.45, 7) is 3.41. The molecule has 2 aromatic carbocycles. The van der Waals surface area contributed by atoms with Gasteiger partial charge < -0.3 is 9.47 Å². The zero-order valence-electron chi connectivity index (χ0n) is 16.8. The molecule has 2 amide bonds. The van der Waals surface area contributed by atoms with Gasteiger partial charge in [-0.1, -0.05) is 48.5 Å². The SMILES string of the molecule is CCOC(=O)C1[C@H](c2ccccc2)[C@@H](C(=O)OCC)C(=O)N1C(=O)c1ccccc1. The largest absolute Gasteiger partial charge is 0.465 e. The summed E-state index contributed by atoms with van der Waals surface area (Å²) in [4.78, 5) is 53.1. The van der Waals surface area contributed by atoms with Crippen LogP contribution >= 0.6 is 0 Å². The van der Waals surface area contributed by atoms with Gasteiger partial charge in [0.05, 0.1) is 13.2 Å². The Hall–Kier alpha value is -3.48. The number of nitrogens with zero attached hydrogens (tertiary/aromatic N) is 1. The predicted molar refractivity (Wildman–Crippen MR) is 107 cm³/mol. The number of hydrogen-bond acceptors (Lipinski definition) is 6. The normalized spacial score (nSPS) is 20.7. The lowest BCUT2D eigenvalue weighted by molar-refractivity contribution is -0.153. The minimum atomic E-state index is -1.32. The second kappa shape index (κ2) is 9.35. The number of imide groups is 1. The van der Waals surface area contributed by atoms with Gasteiger partial charge >= 0.3 is 11.9 Å². The molecule has 30 heavy (non-hydrogen) atoms. The summed E-state index contributed by atoms with van der Waals surface area (Å²) in [6.07, 6.45) is 0. The summed E-state index contributed by atoms with van der Waals surface area (Å²) >= 11 is 0. The fourth-order valence-electron chi connectivity index (χ4n) is 3.74. The molecule has 156 valence electrons. The predicted octanol–water partition coefficient (Wildman–Crippen LogP) is 2.56. The molecule has 1 saturated heterocycles. The van der Waals surface area contributed by atoms with Crippen molar-refractivity contribution in [3.8, 4) is 0 Å². The van der Waals surface area contributed by atoms with Crippen LogP contribution in [0.4, 0.5) is 0 Å². The monoisotopic (exact) mass is 409 g/mol. The average molecular weight is 409 g/mol. The van der Waals surface area contributed by atoms with Gasteiger partial charge in [0.15, 0.2) is 0 Å². The summed E-state index contributed by atoms with van der Waals surface area (Å²) in [6, 6.07) is 15.6. The molecule has 7 heteroatoms. The number of rotatable bonds is 6. The summed E-state index contributed by atoms with van der Waals surface area (Å²) < 4.78 is 10.3. The van der Waals surface area contributed by atoms with Gasteiger partial charge in [-0.25, -0.2) is 4.79 Å². The van der Waals surface area contributed by atoms with Crippen molar-refractivity contribution in [1.29, 1.82) is 0 Å². The summed E-state index contributed by atoms with van der Waals surface area (Å²) in [5.41, 5.74) is 0.807. The van der Waals surface area contributed by atoms with Crippen LogP contribution in [-0.2, 0) is 23.9 Å². The van der Waals surface area contributed by atoms with Gasteiger partial charge in [-0.05, 0) is 31.5 Å². The van der Waals surface area contributed by atoms with Crippen LogP contribution in [-0.4, -0.2) is 47.9 Å². The molecule has 2 aromatic rings. The van der Waals surface area contributed by atoms with Gasteiger partial charge in [0.2, 0.25) is 5.91 Å². The molecule has 1 aliphatic rings. The van der Waals surface area contributed by atoms with Crippen LogP contribution in [0.1, 0.15) is 35.7 Å². The molecule has 1 fully saturated rings. The highest BCUT2D eigenvalue weighted by molar-refractivity contribution is 6.15. The zero-order chi connectivity index (χ0) is 21.7. The molecular weight excluding hydrogens is 386 g/mol. The first-order valence-electron chi connectivity index (χ1n) is 9.81. The van der Waals surface area contributed by atoms with Crippen molar-refractivity contribution in [3.63, 3.8) is 0 Å². The van der Waals surface area contributed by atoms with Crippen molar-refractivity contribution in [3.05, 3.63) is 71.8 Å². The molecular formula is C23H23NO6. The van der Waals surface area contributed by atoms with Crippen LogP contribution < -0.4 is 0 Å². The Bertz CT molecular complexity index is 927. The molecule has 3 rings (SSSR count). The standard InChI is InChI=1S/C23H23NO6/c1-3-29-22(27)18-17(15-11-7-5-8-12-15)19(23(28)30-4-2)24(21(18)26)20(25)16-13-9-6-10-14-16/h5-14,17-19H,3-4H2,1-2H3/t17-,18-,19?/m1/s1. The molecule has 0 aromatic heterocycles. The van der Waals surface area contributed by atoms with Crippen LogP contribution in [0.25, 0.3) is 0 Å². The first-order valence-corrected chi connectivity index (χ1v) is 9.81. The lowest BCUT2D eigenvalue weighted by atomic mass is 9.84. The zero-order valence-corrected chi connectivity index (χ0v) is 16.8. The fourth-order valence-corrected chi connectivity index (χ4v) is 3.74. The van der Waals surface area contributed by atoms with Crippen LogP contribution in [0.5, 0.6) is 0 Å². The van der Waals surface area contributed by atoms with Gasteiger partial charge in [0.1, 0.15) is 12.0 Å². The quantitative estimate of drug-likeness (QED) is 0.414. The molecule has 0 bridgehead atoms. The van der Waals surface area contributed by atoms with E-state index in [-0.39, 0.29) is 18.8 Å². The average Bonchev–Trinajstić information content (AvgIpc) is 3.08. The van der Waals surface area contributed by atoms with E-state index in [9.17, 15) is 19.2 Å². The van der Waals surface area contributed by atoms with E-state index in [0.29, 0.717) is 5.56 Å². The van der Waals surface area contributed by atoms with Gasteiger partial charge in [-0.3, -0.25) is 19.3 Å². The molecule has 1 unspecified atom stereocenters. The van der Waals surface area contributed by atoms with Crippen molar-refractivity contribution >= 4 is 23.8 Å². The number of amides is 2. The van der Waals surface area contributed by atoms with Crippen LogP contribution in [0.3, 0.4) is 0 Å². The van der Waals surface area contributed by atoms with Crippen molar-refractivity contribution in [1.82, 2.24) is 4.90 Å². The number of esters is 2. The second-order valence-electron chi connectivity index (χ2n) is 6.74. The van der Waals surface area contributed by atoms with E-state index in [1.807, 2.05) is 0 Å². The number of benzene rings is 2. The minimum absolute atomic E-state index is 0.0703. The summed E-state index contributed by atoms with van der Waals surface area (Å²) in [7, 11) is 0. The van der Waals surface area contributed by atoms with Crippen molar-refractivity contribution in [2.24, 2.45) is 5.92 Å². The number of ether oxygens (including phenoxy) is 2. The van der Waals surface area contributed by atoms with E-state index in [0.717, 1.165) is 4.90 Å². The lowest BCUT2D eigenvalue weighted by Crippen LogP contribution is -2.45. The molecule has 0 spiro atoms. The van der Waals surface area contributed by atoms with Crippen molar-refractivity contribution < 1.29 is 28.7 Å². The number of likely N-dealkylation sites (tertiary alicyclic amines) is 1. The van der Waals surface area contributed by atoms with Crippen molar-refractivity contribution in [2.75, 3.05) is 13.2 Å². The smallest absolute Gasteiger partial charge is 0.330 e. The molecule has 0 aliphatic carbocycles. The van der Waals surface area contributed by atoms with E-state index in [2.05, 4.69) is 0 Å². The number of hydrogen-bond donors (Lipinski definition) is 0. The van der Waals surface area contributed by atoms with E-state index < -0.39 is 41.6 Å². The van der Waals surface area contributed by atoms with Crippen LogP contribution in [0.2, 0.25) is 0 Å². The Kier molecular flexibility index (Phi) is 6.61. The Morgan fingerprint density at radius 2 is 1.37 bits per heavy atom. The van der Waals surface area contributed by atoms with Crippen LogP contribution in [0.15, 0.2) is 60.7 Å². The summed E-state index contributed by atoms with van der Waals surface area (Å²) in [5, 5.41) is 0. The number of carbonyl (C=O) groups is 4. The third-order valence-corrected chi connectivity index (χ3v) is 4.97. The maximum Gasteiger partial charge on any atom is 0.330 e. The molecule has 1 heterocycles. The highest BCUT2D eigenvalue weighted by Crippen LogP contribution is 2.41. The van der Waals surface area contributed by atoms with Gasteiger partial charge in [0.25, 0.3) is 5.91 Å². The van der Waals surface area contributed by atoms with E-state index in [4.69, 9.17) is 9.47 Å². The second-order valence-corrected chi connectivity index (χ2v) is 6.74. The highest BCUT2D eigenvalue weighted by Gasteiger charge is 2.58. The van der Waals surface area contributed by atoms with Crippen molar-refractivity contribution in [2.45, 2.75) is 25.8 Å². The summed E-state index contributed by atoms with van der Waals surface area (Å²) in [5.74, 6) is -5.18. The number of carbonyl (C=O) groups excluding carboxylic acids is 4. The van der Waals surface area contributed by atoms with Crippen LogP contribution in [0, 0.1) is 5.92 Å². The molecule has 1 aliphatic heterocycles. The Morgan fingerprint density at radius 3 is 1.93 bits per heavy atom. The maximum absolute atomic E-state index is 13.3. The lowest BCUT2D eigenvalue weighted by Gasteiger charge is -2.25. The topological polar surface area (TPSA) is 90.0 Å². The molecule has 7 nitrogen and oxygen atoms in total. The third kappa shape index (κ3) is 3.96. The third-order valence-electron chi connectivity index (χ3n) is 4.97. The van der Waals surface area contributed by atoms with Gasteiger partial charge in [0, 0.05) is 11.5 Å². The Balaban J connectivity index is 2.14. The fraction of sp³-hybridized carbons (Fsp3) is 0.304. The van der Waals surface area contributed by atoms with E-state index in [1.54, 1.807) is 74.5 Å². The molecule has 0 radical (unpaired) electrons. The first-order chi connectivity index (χ1) is 14.5. The Morgan fingerprint density at radius 1 is 0.833 bits per heavy atom. The highest BCUT2D eigenvalue weighted by atomic mass is 16.5. The maximum atomic E-state index is 13.3.